The van der Waals surface area contributed by atoms with Gasteiger partial charge in [0.15, 0.2) is 5.96 Å². The molecule has 1 rings (SSSR count). The molecule has 0 fully saturated rings. The molecular formula is C16H28ClIN4. The molecule has 0 radical (unpaired) electrons. The highest BCUT2D eigenvalue weighted by atomic mass is 127. The summed E-state index contributed by atoms with van der Waals surface area (Å²) in [5.41, 5.74) is 1.23. The molecule has 6 heteroatoms. The summed E-state index contributed by atoms with van der Waals surface area (Å²) in [6.07, 6.45) is 0.928. The van der Waals surface area contributed by atoms with Crippen LogP contribution in [0.25, 0.3) is 0 Å². The molecule has 0 amide bonds. The van der Waals surface area contributed by atoms with Gasteiger partial charge in [0.2, 0.25) is 0 Å². The Labute approximate surface area is 156 Å². The Balaban J connectivity index is 0.00000441. The van der Waals surface area contributed by atoms with E-state index in [0.29, 0.717) is 0 Å². The van der Waals surface area contributed by atoms with Gasteiger partial charge in [-0.1, -0.05) is 37.6 Å². The predicted molar refractivity (Wildman–Crippen MR) is 108 cm³/mol. The second-order valence-electron chi connectivity index (χ2n) is 4.83. The third kappa shape index (κ3) is 8.80. The smallest absolute Gasteiger partial charge is 0.191 e. The molecule has 1 aromatic carbocycles. The van der Waals surface area contributed by atoms with E-state index in [1.54, 1.807) is 7.05 Å². The summed E-state index contributed by atoms with van der Waals surface area (Å²) in [6.45, 7) is 9.30. The molecule has 0 saturated carbocycles. The minimum absolute atomic E-state index is 0. The van der Waals surface area contributed by atoms with E-state index in [0.717, 1.165) is 50.1 Å². The van der Waals surface area contributed by atoms with Crippen molar-refractivity contribution >= 4 is 41.5 Å². The highest BCUT2D eigenvalue weighted by Gasteiger charge is 2.01. The van der Waals surface area contributed by atoms with E-state index in [-0.39, 0.29) is 24.0 Å². The molecule has 22 heavy (non-hydrogen) atoms. The zero-order valence-corrected chi connectivity index (χ0v) is 16.8. The number of nitrogens with one attached hydrogen (secondary N) is 2. The minimum atomic E-state index is 0. The fourth-order valence-corrected chi connectivity index (χ4v) is 2.32. The van der Waals surface area contributed by atoms with E-state index < -0.39 is 0 Å². The second-order valence-corrected chi connectivity index (χ2v) is 5.27. The molecular weight excluding hydrogens is 411 g/mol. The largest absolute Gasteiger partial charge is 0.356 e. The molecule has 0 aliphatic rings. The number of hydrogen-bond acceptors (Lipinski definition) is 2. The number of rotatable bonds is 8. The first-order valence-electron chi connectivity index (χ1n) is 7.60. The minimum Gasteiger partial charge on any atom is -0.356 e. The maximum absolute atomic E-state index is 5.98. The van der Waals surface area contributed by atoms with Crippen LogP contribution in [0.4, 0.5) is 0 Å². The average molecular weight is 439 g/mol. The van der Waals surface area contributed by atoms with Crippen molar-refractivity contribution in [2.75, 3.05) is 39.8 Å². The SMILES string of the molecule is CCN(CC)CCNC(=NC)NCCc1cccc(Cl)c1.I. The Bertz CT molecular complexity index is 436. The van der Waals surface area contributed by atoms with Crippen molar-refractivity contribution in [3.8, 4) is 0 Å². The van der Waals surface area contributed by atoms with Crippen LogP contribution in [-0.4, -0.2) is 50.6 Å². The van der Waals surface area contributed by atoms with Gasteiger partial charge in [-0.15, -0.1) is 24.0 Å². The van der Waals surface area contributed by atoms with Gasteiger partial charge >= 0.3 is 0 Å². The lowest BCUT2D eigenvalue weighted by atomic mass is 10.1. The number of likely N-dealkylation sites (N-methyl/N-ethyl adjacent to an activating group) is 1. The van der Waals surface area contributed by atoms with Gasteiger partial charge < -0.3 is 15.5 Å². The lowest BCUT2D eigenvalue weighted by Crippen LogP contribution is -2.42. The third-order valence-corrected chi connectivity index (χ3v) is 3.67. The van der Waals surface area contributed by atoms with Crippen molar-refractivity contribution in [3.05, 3.63) is 34.9 Å². The lowest BCUT2D eigenvalue weighted by molar-refractivity contribution is 0.308. The molecule has 0 spiro atoms. The molecule has 1 aromatic rings. The zero-order chi connectivity index (χ0) is 15.5. The van der Waals surface area contributed by atoms with E-state index in [2.05, 4.69) is 40.4 Å². The Hall–Kier alpha value is -0.530. The highest BCUT2D eigenvalue weighted by molar-refractivity contribution is 14.0. The van der Waals surface area contributed by atoms with Crippen molar-refractivity contribution in [1.82, 2.24) is 15.5 Å². The van der Waals surface area contributed by atoms with E-state index in [9.17, 15) is 0 Å². The van der Waals surface area contributed by atoms with Crippen molar-refractivity contribution in [3.63, 3.8) is 0 Å². The monoisotopic (exact) mass is 438 g/mol. The van der Waals surface area contributed by atoms with Crippen molar-refractivity contribution in [1.29, 1.82) is 0 Å². The maximum Gasteiger partial charge on any atom is 0.191 e. The van der Waals surface area contributed by atoms with Crippen LogP contribution in [-0.2, 0) is 6.42 Å². The Morgan fingerprint density at radius 3 is 2.45 bits per heavy atom. The first-order valence-corrected chi connectivity index (χ1v) is 7.98. The van der Waals surface area contributed by atoms with Crippen molar-refractivity contribution < 1.29 is 0 Å². The molecule has 126 valence electrons. The summed E-state index contributed by atoms with van der Waals surface area (Å²) in [5.74, 6) is 0.851. The van der Waals surface area contributed by atoms with Gasteiger partial charge in [0, 0.05) is 31.7 Å². The molecule has 0 bridgehead atoms. The molecule has 2 N–H and O–H groups in total. The van der Waals surface area contributed by atoms with Gasteiger partial charge in [0.05, 0.1) is 0 Å². The lowest BCUT2D eigenvalue weighted by Gasteiger charge is -2.19. The number of halogens is 2. The van der Waals surface area contributed by atoms with Crippen LogP contribution < -0.4 is 10.6 Å². The van der Waals surface area contributed by atoms with Gasteiger partial charge in [-0.2, -0.15) is 0 Å². The molecule has 0 unspecified atom stereocenters. The van der Waals surface area contributed by atoms with Crippen LogP contribution in [0.1, 0.15) is 19.4 Å². The molecule has 0 heterocycles. The Morgan fingerprint density at radius 1 is 1.18 bits per heavy atom. The highest BCUT2D eigenvalue weighted by Crippen LogP contribution is 2.10. The number of aliphatic imine (C=N–C) groups is 1. The van der Waals surface area contributed by atoms with E-state index >= 15 is 0 Å². The summed E-state index contributed by atoms with van der Waals surface area (Å²) < 4.78 is 0. The van der Waals surface area contributed by atoms with Gasteiger partial charge in [0.1, 0.15) is 0 Å². The standard InChI is InChI=1S/C16H27ClN4.HI/c1-4-21(5-2)12-11-20-16(18-3)19-10-9-14-7-6-8-15(17)13-14;/h6-8,13H,4-5,9-12H2,1-3H3,(H2,18,19,20);1H. The second kappa shape index (κ2) is 13.0. The molecule has 0 aliphatic heterocycles. The summed E-state index contributed by atoms with van der Waals surface area (Å²) >= 11 is 5.98. The van der Waals surface area contributed by atoms with E-state index in [1.165, 1.54) is 5.56 Å². The Kier molecular flexibility index (Phi) is 12.6. The fraction of sp³-hybridized carbons (Fsp3) is 0.562. The summed E-state index contributed by atoms with van der Waals surface area (Å²) in [5, 5.41) is 7.45. The van der Waals surface area contributed by atoms with Crippen LogP contribution >= 0.6 is 35.6 Å². The van der Waals surface area contributed by atoms with Crippen LogP contribution in [0.15, 0.2) is 29.3 Å². The third-order valence-electron chi connectivity index (χ3n) is 3.43. The van der Waals surface area contributed by atoms with Gasteiger partial charge in [-0.3, -0.25) is 4.99 Å². The first kappa shape index (κ1) is 21.5. The summed E-state index contributed by atoms with van der Waals surface area (Å²) in [4.78, 5) is 6.62. The summed E-state index contributed by atoms with van der Waals surface area (Å²) in [7, 11) is 1.80. The topological polar surface area (TPSA) is 39.7 Å². The molecule has 0 aromatic heterocycles. The van der Waals surface area contributed by atoms with E-state index in [1.807, 2.05) is 18.2 Å². The van der Waals surface area contributed by atoms with Gasteiger partial charge in [-0.25, -0.2) is 0 Å². The normalized spacial score (nSPS) is 11.2. The van der Waals surface area contributed by atoms with Crippen molar-refractivity contribution in [2.45, 2.75) is 20.3 Å². The van der Waals surface area contributed by atoms with Crippen LogP contribution in [0.3, 0.4) is 0 Å². The number of benzene rings is 1. The molecule has 4 nitrogen and oxygen atoms in total. The molecule has 0 atom stereocenters. The van der Waals surface area contributed by atoms with Gasteiger partial charge in [-0.05, 0) is 37.2 Å². The zero-order valence-electron chi connectivity index (χ0n) is 13.7. The maximum atomic E-state index is 5.98. The molecule has 0 aliphatic carbocycles. The van der Waals surface area contributed by atoms with Crippen LogP contribution in [0.2, 0.25) is 5.02 Å². The Morgan fingerprint density at radius 2 is 1.86 bits per heavy atom. The van der Waals surface area contributed by atoms with Crippen molar-refractivity contribution in [2.24, 2.45) is 4.99 Å². The average Bonchev–Trinajstić information content (AvgIpc) is 2.50. The molecule has 0 saturated heterocycles. The van der Waals surface area contributed by atoms with Crippen LogP contribution in [0, 0.1) is 0 Å². The fourth-order valence-electron chi connectivity index (χ4n) is 2.11. The number of nitrogens with zero attached hydrogens (tertiary/aromatic N) is 2. The number of hydrogen-bond donors (Lipinski definition) is 2. The quantitative estimate of drug-likeness (QED) is 0.372. The number of guanidine groups is 1. The van der Waals surface area contributed by atoms with E-state index in [4.69, 9.17) is 11.6 Å². The van der Waals surface area contributed by atoms with Gasteiger partial charge in [0.25, 0.3) is 0 Å². The van der Waals surface area contributed by atoms with Crippen LogP contribution in [0.5, 0.6) is 0 Å². The first-order chi connectivity index (χ1) is 10.2. The predicted octanol–water partition coefficient (Wildman–Crippen LogP) is 3.01. The summed E-state index contributed by atoms with van der Waals surface area (Å²) in [6, 6.07) is 7.96.